The van der Waals surface area contributed by atoms with Gasteiger partial charge < -0.3 is 9.14 Å². The van der Waals surface area contributed by atoms with Gasteiger partial charge in [-0.1, -0.05) is 0 Å². The summed E-state index contributed by atoms with van der Waals surface area (Å²) in [6, 6.07) is 4.01. The van der Waals surface area contributed by atoms with Crippen molar-refractivity contribution >= 4 is 21.6 Å². The fraction of sp³-hybridized carbons (Fsp3) is 0.500. The molecule has 0 saturated heterocycles. The summed E-state index contributed by atoms with van der Waals surface area (Å²) in [4.78, 5) is 4.38. The molecule has 0 aromatic carbocycles. The van der Waals surface area contributed by atoms with E-state index in [0.717, 1.165) is 23.1 Å². The van der Waals surface area contributed by atoms with Crippen LogP contribution in [0.15, 0.2) is 29.0 Å². The van der Waals surface area contributed by atoms with E-state index in [2.05, 4.69) is 51.4 Å². The van der Waals surface area contributed by atoms with Crippen molar-refractivity contribution in [3.05, 3.63) is 34.7 Å². The van der Waals surface area contributed by atoms with Crippen LogP contribution in [0, 0.1) is 0 Å². The van der Waals surface area contributed by atoms with Gasteiger partial charge in [-0.3, -0.25) is 5.32 Å². The van der Waals surface area contributed by atoms with E-state index in [1.165, 1.54) is 5.69 Å². The molecular weight excluding hydrogens is 306 g/mol. The Morgan fingerprint density at radius 2 is 2.16 bits per heavy atom. The number of nitrogens with zero attached hydrogens (tertiary/aromatic N) is 2. The van der Waals surface area contributed by atoms with Crippen molar-refractivity contribution in [3.63, 3.8) is 0 Å². The standard InChI is InChI=1S/C14H20BrN3O/c1-14(2,3)19-10-16-7-6-12-8-17-13-5-4-11(15)9-18(12)13/h4-5,8-9,16H,6-7,10H2,1-3H3. The largest absolute Gasteiger partial charge is 0.361 e. The molecule has 19 heavy (non-hydrogen) atoms. The summed E-state index contributed by atoms with van der Waals surface area (Å²) in [5.74, 6) is 0. The molecule has 0 atom stereocenters. The molecule has 2 rings (SSSR count). The van der Waals surface area contributed by atoms with Gasteiger partial charge in [-0.15, -0.1) is 0 Å². The predicted octanol–water partition coefficient (Wildman–Crippen LogP) is 3.00. The van der Waals surface area contributed by atoms with E-state index in [1.807, 2.05) is 24.5 Å². The molecule has 4 nitrogen and oxygen atoms in total. The first kappa shape index (κ1) is 14.5. The zero-order valence-corrected chi connectivity index (χ0v) is 13.2. The number of rotatable bonds is 5. The summed E-state index contributed by atoms with van der Waals surface area (Å²) in [6.45, 7) is 7.60. The Morgan fingerprint density at radius 3 is 2.89 bits per heavy atom. The molecule has 0 saturated carbocycles. The molecule has 0 amide bonds. The lowest BCUT2D eigenvalue weighted by Crippen LogP contribution is -2.28. The Bertz CT molecular complexity index is 545. The third-order valence-electron chi connectivity index (χ3n) is 2.71. The Morgan fingerprint density at radius 1 is 1.37 bits per heavy atom. The Balaban J connectivity index is 1.86. The minimum atomic E-state index is -0.0961. The number of hydrogen-bond donors (Lipinski definition) is 1. The van der Waals surface area contributed by atoms with E-state index >= 15 is 0 Å². The zero-order chi connectivity index (χ0) is 13.9. The van der Waals surface area contributed by atoms with Gasteiger partial charge in [0, 0.05) is 35.5 Å². The molecular formula is C14H20BrN3O. The number of ether oxygens (including phenoxy) is 1. The van der Waals surface area contributed by atoms with Crippen LogP contribution in [-0.4, -0.2) is 28.3 Å². The van der Waals surface area contributed by atoms with Gasteiger partial charge in [0.05, 0.1) is 12.3 Å². The van der Waals surface area contributed by atoms with Crippen molar-refractivity contribution in [1.29, 1.82) is 0 Å². The molecule has 0 radical (unpaired) electrons. The molecule has 0 aliphatic heterocycles. The van der Waals surface area contributed by atoms with Crippen molar-refractivity contribution in [1.82, 2.24) is 14.7 Å². The fourth-order valence-electron chi connectivity index (χ4n) is 1.75. The first-order valence-corrected chi connectivity index (χ1v) is 7.21. The second-order valence-corrected chi connectivity index (χ2v) is 6.39. The van der Waals surface area contributed by atoms with E-state index in [1.54, 1.807) is 0 Å². The van der Waals surface area contributed by atoms with Crippen molar-refractivity contribution in [2.75, 3.05) is 13.3 Å². The highest BCUT2D eigenvalue weighted by Gasteiger charge is 2.09. The quantitative estimate of drug-likeness (QED) is 0.678. The third-order valence-corrected chi connectivity index (χ3v) is 3.18. The minimum Gasteiger partial charge on any atom is -0.361 e. The van der Waals surface area contributed by atoms with Crippen LogP contribution in [-0.2, 0) is 11.2 Å². The monoisotopic (exact) mass is 325 g/mol. The van der Waals surface area contributed by atoms with Crippen molar-refractivity contribution in [2.45, 2.75) is 32.8 Å². The average molecular weight is 326 g/mol. The normalized spacial score (nSPS) is 12.2. The first-order chi connectivity index (χ1) is 8.96. The summed E-state index contributed by atoms with van der Waals surface area (Å²) >= 11 is 3.48. The van der Waals surface area contributed by atoms with Crippen molar-refractivity contribution in [2.24, 2.45) is 0 Å². The van der Waals surface area contributed by atoms with E-state index in [-0.39, 0.29) is 5.60 Å². The van der Waals surface area contributed by atoms with Crippen LogP contribution < -0.4 is 5.32 Å². The van der Waals surface area contributed by atoms with Gasteiger partial charge in [-0.2, -0.15) is 0 Å². The Kier molecular flexibility index (Phi) is 4.60. The fourth-order valence-corrected chi connectivity index (χ4v) is 2.08. The van der Waals surface area contributed by atoms with Crippen LogP contribution >= 0.6 is 15.9 Å². The number of hydrogen-bond acceptors (Lipinski definition) is 3. The molecule has 0 unspecified atom stereocenters. The van der Waals surface area contributed by atoms with E-state index in [9.17, 15) is 0 Å². The lowest BCUT2D eigenvalue weighted by atomic mass is 10.2. The van der Waals surface area contributed by atoms with Gasteiger partial charge in [0.2, 0.25) is 0 Å². The second kappa shape index (κ2) is 6.03. The smallest absolute Gasteiger partial charge is 0.136 e. The average Bonchev–Trinajstić information content (AvgIpc) is 2.70. The summed E-state index contributed by atoms with van der Waals surface area (Å²) in [5, 5.41) is 3.28. The first-order valence-electron chi connectivity index (χ1n) is 6.42. The highest BCUT2D eigenvalue weighted by molar-refractivity contribution is 9.10. The van der Waals surface area contributed by atoms with Crippen LogP contribution in [0.4, 0.5) is 0 Å². The topological polar surface area (TPSA) is 38.6 Å². The van der Waals surface area contributed by atoms with Gasteiger partial charge in [-0.25, -0.2) is 4.98 Å². The van der Waals surface area contributed by atoms with E-state index in [4.69, 9.17) is 4.74 Å². The molecule has 2 aromatic heterocycles. The third kappa shape index (κ3) is 4.30. The maximum Gasteiger partial charge on any atom is 0.136 e. The summed E-state index contributed by atoms with van der Waals surface area (Å²) in [7, 11) is 0. The van der Waals surface area contributed by atoms with Crippen molar-refractivity contribution in [3.8, 4) is 0 Å². The molecule has 0 fully saturated rings. The van der Waals surface area contributed by atoms with Crippen LogP contribution in [0.2, 0.25) is 0 Å². The van der Waals surface area contributed by atoms with Crippen LogP contribution in [0.25, 0.3) is 5.65 Å². The van der Waals surface area contributed by atoms with Crippen LogP contribution in [0.1, 0.15) is 26.5 Å². The lowest BCUT2D eigenvalue weighted by molar-refractivity contribution is -0.0128. The van der Waals surface area contributed by atoms with E-state index in [0.29, 0.717) is 6.73 Å². The van der Waals surface area contributed by atoms with E-state index < -0.39 is 0 Å². The Labute approximate surface area is 122 Å². The maximum absolute atomic E-state index is 5.61. The molecule has 0 bridgehead atoms. The number of nitrogens with one attached hydrogen (secondary N) is 1. The molecule has 104 valence electrons. The van der Waals surface area contributed by atoms with Crippen LogP contribution in [0.3, 0.4) is 0 Å². The summed E-state index contributed by atoms with van der Waals surface area (Å²) in [5.41, 5.74) is 2.07. The number of halogens is 1. The second-order valence-electron chi connectivity index (χ2n) is 5.48. The number of imidazole rings is 1. The number of fused-ring (bicyclic) bond motifs is 1. The summed E-state index contributed by atoms with van der Waals surface area (Å²) < 4.78 is 8.78. The maximum atomic E-state index is 5.61. The minimum absolute atomic E-state index is 0.0961. The van der Waals surface area contributed by atoms with Crippen LogP contribution in [0.5, 0.6) is 0 Å². The Hall–Kier alpha value is -0.910. The molecule has 0 spiro atoms. The summed E-state index contributed by atoms with van der Waals surface area (Å²) in [6.07, 6.45) is 4.89. The molecule has 2 heterocycles. The SMILES string of the molecule is CC(C)(C)OCNCCc1cnc2ccc(Br)cn12. The number of pyridine rings is 1. The molecule has 0 aliphatic carbocycles. The highest BCUT2D eigenvalue weighted by Crippen LogP contribution is 2.13. The number of aromatic nitrogens is 2. The molecule has 5 heteroatoms. The van der Waals surface area contributed by atoms with Gasteiger partial charge >= 0.3 is 0 Å². The molecule has 2 aromatic rings. The highest BCUT2D eigenvalue weighted by atomic mass is 79.9. The molecule has 1 N–H and O–H groups in total. The zero-order valence-electron chi connectivity index (χ0n) is 11.6. The van der Waals surface area contributed by atoms with Gasteiger partial charge in [-0.05, 0) is 48.8 Å². The predicted molar refractivity (Wildman–Crippen MR) is 80.3 cm³/mol. The van der Waals surface area contributed by atoms with Gasteiger partial charge in [0.1, 0.15) is 5.65 Å². The van der Waals surface area contributed by atoms with Crippen molar-refractivity contribution < 1.29 is 4.74 Å². The van der Waals surface area contributed by atoms with Gasteiger partial charge in [0.15, 0.2) is 0 Å². The van der Waals surface area contributed by atoms with Gasteiger partial charge in [0.25, 0.3) is 0 Å². The lowest BCUT2D eigenvalue weighted by Gasteiger charge is -2.19. The molecule has 0 aliphatic rings.